The first-order chi connectivity index (χ1) is 10.3. The van der Waals surface area contributed by atoms with Gasteiger partial charge < -0.3 is 5.11 Å². The highest BCUT2D eigenvalue weighted by molar-refractivity contribution is 5.66. The van der Waals surface area contributed by atoms with Gasteiger partial charge in [-0.05, 0) is 80.5 Å². The minimum absolute atomic E-state index is 0.0991. The molecular weight excluding hydrogens is 272 g/mol. The van der Waals surface area contributed by atoms with Crippen molar-refractivity contribution in [2.24, 2.45) is 28.6 Å². The molecule has 0 radical (unpaired) electrons. The summed E-state index contributed by atoms with van der Waals surface area (Å²) in [5, 5.41) is 9.22. The van der Waals surface area contributed by atoms with Crippen LogP contribution in [0.15, 0.2) is 24.3 Å². The fourth-order valence-corrected chi connectivity index (χ4v) is 6.36. The van der Waals surface area contributed by atoms with Crippen LogP contribution in [0.2, 0.25) is 0 Å². The molecule has 2 heteroatoms. The molecule has 4 fully saturated rings. The van der Waals surface area contributed by atoms with Gasteiger partial charge in [0.05, 0.1) is 0 Å². The number of hydrogen-bond acceptors (Lipinski definition) is 1. The van der Waals surface area contributed by atoms with Gasteiger partial charge in [-0.3, -0.25) is 4.79 Å². The van der Waals surface area contributed by atoms with Gasteiger partial charge in [0.2, 0.25) is 0 Å². The van der Waals surface area contributed by atoms with Crippen molar-refractivity contribution < 1.29 is 9.90 Å². The van der Waals surface area contributed by atoms with E-state index in [1.165, 1.54) is 49.7 Å². The summed E-state index contributed by atoms with van der Waals surface area (Å²) in [4.78, 5) is 11.2. The molecule has 4 rings (SSSR count). The van der Waals surface area contributed by atoms with Crippen LogP contribution in [0.5, 0.6) is 0 Å². The molecule has 0 heterocycles. The average molecular weight is 302 g/mol. The molecule has 4 aliphatic rings. The van der Waals surface area contributed by atoms with Crippen LogP contribution in [-0.4, -0.2) is 11.1 Å². The van der Waals surface area contributed by atoms with E-state index in [0.29, 0.717) is 29.6 Å². The van der Waals surface area contributed by atoms with E-state index < -0.39 is 5.97 Å². The van der Waals surface area contributed by atoms with Crippen molar-refractivity contribution in [1.82, 2.24) is 0 Å². The Morgan fingerprint density at radius 1 is 1.36 bits per heavy atom. The highest BCUT2D eigenvalue weighted by atomic mass is 16.4. The molecule has 5 atom stereocenters. The Morgan fingerprint density at radius 3 is 2.64 bits per heavy atom. The summed E-state index contributed by atoms with van der Waals surface area (Å²) in [6, 6.07) is 0. The Balaban J connectivity index is 1.95. The third-order valence-electron chi connectivity index (χ3n) is 7.40. The molecule has 1 N–H and O–H groups in total. The molecular formula is C20H30O2. The third-order valence-corrected chi connectivity index (χ3v) is 7.40. The molecule has 4 aliphatic carbocycles. The molecule has 122 valence electrons. The van der Waals surface area contributed by atoms with Crippen molar-refractivity contribution >= 4 is 5.97 Å². The van der Waals surface area contributed by atoms with Crippen molar-refractivity contribution in [2.45, 2.75) is 65.2 Å². The second kappa shape index (κ2) is 5.25. The summed E-state index contributed by atoms with van der Waals surface area (Å²) >= 11 is 0. The minimum Gasteiger partial charge on any atom is -0.481 e. The molecule has 22 heavy (non-hydrogen) atoms. The molecule has 0 aliphatic heterocycles. The van der Waals surface area contributed by atoms with Gasteiger partial charge in [-0.2, -0.15) is 0 Å². The number of fused-ring (bicyclic) bond motifs is 2. The zero-order chi connectivity index (χ0) is 16.1. The van der Waals surface area contributed by atoms with Crippen molar-refractivity contribution in [3.8, 4) is 0 Å². The summed E-state index contributed by atoms with van der Waals surface area (Å²) in [6.07, 6.45) is 8.61. The normalized spacial score (nSPS) is 43.7. The number of allylic oxidation sites excluding steroid dienone is 2. The van der Waals surface area contributed by atoms with Crippen molar-refractivity contribution in [1.29, 1.82) is 0 Å². The number of rotatable bonds is 4. The van der Waals surface area contributed by atoms with Crippen molar-refractivity contribution in [3.63, 3.8) is 0 Å². The lowest BCUT2D eigenvalue weighted by atomic mass is 9.40. The molecule has 0 saturated heterocycles. The molecule has 4 saturated carbocycles. The first-order valence-electron chi connectivity index (χ1n) is 8.83. The lowest BCUT2D eigenvalue weighted by Crippen LogP contribution is -2.56. The topological polar surface area (TPSA) is 37.3 Å². The van der Waals surface area contributed by atoms with Crippen LogP contribution in [0, 0.1) is 28.6 Å². The van der Waals surface area contributed by atoms with E-state index >= 15 is 0 Å². The maximum atomic E-state index is 11.2. The number of carboxylic acid groups (broad SMARTS) is 1. The van der Waals surface area contributed by atoms with Crippen LogP contribution in [0.4, 0.5) is 0 Å². The monoisotopic (exact) mass is 302 g/mol. The summed E-state index contributed by atoms with van der Waals surface area (Å²) in [5.74, 6) is 1.15. The first-order valence-corrected chi connectivity index (χ1v) is 8.83. The molecule has 0 aromatic heterocycles. The smallest absolute Gasteiger partial charge is 0.303 e. The molecule has 0 unspecified atom stereocenters. The standard InChI is InChI=1S/C20H30O2/c1-13(2)16-6-10-20-9-5-15(14(3)12-20)11-17(20)19(16,4)8-7-18(21)22/h15-17H,1,3,5-12H2,2,4H3,(H,21,22)/t15-,16+,17-,19+,20+/m0/s1. The number of carbonyl (C=O) groups is 1. The van der Waals surface area contributed by atoms with Gasteiger partial charge in [-0.25, -0.2) is 0 Å². The SMILES string of the molecule is C=C1C[C@]23CC[C@H]1C[C@H]2[C@](C)(CCC(=O)O)[C@@H](C(=C)C)CC3. The maximum Gasteiger partial charge on any atom is 0.303 e. The largest absolute Gasteiger partial charge is 0.481 e. The van der Waals surface area contributed by atoms with E-state index in [2.05, 4.69) is 27.0 Å². The highest BCUT2D eigenvalue weighted by Gasteiger charge is 2.59. The Morgan fingerprint density at radius 2 is 2.05 bits per heavy atom. The lowest BCUT2D eigenvalue weighted by Gasteiger charge is -2.64. The predicted molar refractivity (Wildman–Crippen MR) is 89.5 cm³/mol. The molecule has 2 bridgehead atoms. The van der Waals surface area contributed by atoms with Crippen molar-refractivity contribution in [3.05, 3.63) is 24.3 Å². The number of aliphatic carboxylic acids is 1. The fraction of sp³-hybridized carbons (Fsp3) is 0.750. The Bertz CT molecular complexity index is 520. The summed E-state index contributed by atoms with van der Waals surface area (Å²) < 4.78 is 0. The summed E-state index contributed by atoms with van der Waals surface area (Å²) in [5.41, 5.74) is 3.23. The predicted octanol–water partition coefficient (Wildman–Crippen LogP) is 5.21. The Hall–Kier alpha value is -1.05. The third kappa shape index (κ3) is 2.26. The minimum atomic E-state index is -0.660. The van der Waals surface area contributed by atoms with Crippen LogP contribution >= 0.6 is 0 Å². The van der Waals surface area contributed by atoms with Crippen LogP contribution in [0.25, 0.3) is 0 Å². The Labute approximate surface area is 134 Å². The van der Waals surface area contributed by atoms with Crippen LogP contribution in [-0.2, 0) is 4.79 Å². The Kier molecular flexibility index (Phi) is 3.78. The van der Waals surface area contributed by atoms with E-state index in [0.717, 1.165) is 6.42 Å². The number of carboxylic acids is 1. The van der Waals surface area contributed by atoms with Gasteiger partial charge in [0.15, 0.2) is 0 Å². The van der Waals surface area contributed by atoms with E-state index in [-0.39, 0.29) is 5.41 Å². The van der Waals surface area contributed by atoms with Gasteiger partial charge in [-0.1, -0.05) is 31.2 Å². The number of hydrogen-bond donors (Lipinski definition) is 1. The molecule has 1 spiro atoms. The lowest BCUT2D eigenvalue weighted by molar-refractivity contribution is -0.142. The highest BCUT2D eigenvalue weighted by Crippen LogP contribution is 2.69. The van der Waals surface area contributed by atoms with E-state index in [1.807, 2.05) is 0 Å². The van der Waals surface area contributed by atoms with E-state index in [9.17, 15) is 9.90 Å². The molecule has 0 aromatic rings. The van der Waals surface area contributed by atoms with Crippen molar-refractivity contribution in [2.75, 3.05) is 0 Å². The van der Waals surface area contributed by atoms with Gasteiger partial charge in [-0.15, -0.1) is 0 Å². The first kappa shape index (κ1) is 15.8. The zero-order valence-corrected chi connectivity index (χ0v) is 14.2. The summed E-state index contributed by atoms with van der Waals surface area (Å²) in [6.45, 7) is 13.1. The quantitative estimate of drug-likeness (QED) is 0.724. The van der Waals surface area contributed by atoms with E-state index in [4.69, 9.17) is 0 Å². The molecule has 0 aromatic carbocycles. The fourth-order valence-electron chi connectivity index (χ4n) is 6.36. The van der Waals surface area contributed by atoms with E-state index in [1.54, 1.807) is 0 Å². The average Bonchev–Trinajstić information content (AvgIpc) is 2.45. The van der Waals surface area contributed by atoms with Gasteiger partial charge >= 0.3 is 5.97 Å². The van der Waals surface area contributed by atoms with Crippen LogP contribution in [0.3, 0.4) is 0 Å². The van der Waals surface area contributed by atoms with Crippen LogP contribution in [0.1, 0.15) is 65.2 Å². The zero-order valence-electron chi connectivity index (χ0n) is 14.2. The molecule has 0 amide bonds. The molecule has 2 nitrogen and oxygen atoms in total. The van der Waals surface area contributed by atoms with Crippen LogP contribution < -0.4 is 0 Å². The second-order valence-electron chi connectivity index (χ2n) is 8.56. The van der Waals surface area contributed by atoms with Gasteiger partial charge in [0.25, 0.3) is 0 Å². The maximum absolute atomic E-state index is 11.2. The summed E-state index contributed by atoms with van der Waals surface area (Å²) in [7, 11) is 0. The van der Waals surface area contributed by atoms with Gasteiger partial charge in [0, 0.05) is 6.42 Å². The van der Waals surface area contributed by atoms with Gasteiger partial charge in [0.1, 0.15) is 0 Å². The second-order valence-corrected chi connectivity index (χ2v) is 8.56.